The Labute approximate surface area is 122 Å². The first kappa shape index (κ1) is 15.3. The molecule has 1 heterocycles. The molecule has 112 valence electrons. The van der Waals surface area contributed by atoms with E-state index in [0.29, 0.717) is 0 Å². The van der Waals surface area contributed by atoms with Gasteiger partial charge in [0.2, 0.25) is 5.95 Å². The lowest BCUT2D eigenvalue weighted by atomic mass is 10.1. The van der Waals surface area contributed by atoms with E-state index in [9.17, 15) is 12.8 Å². The van der Waals surface area contributed by atoms with Crippen molar-refractivity contribution in [2.24, 2.45) is 0 Å². The summed E-state index contributed by atoms with van der Waals surface area (Å²) in [6.07, 6.45) is 2.85. The van der Waals surface area contributed by atoms with Gasteiger partial charge in [-0.05, 0) is 37.7 Å². The SMILES string of the molecule is CNCc1cc(S(=O)(=O)Nc2ncccn2)cc(C)c1F. The number of rotatable bonds is 5. The number of hydrogen-bond acceptors (Lipinski definition) is 5. The highest BCUT2D eigenvalue weighted by atomic mass is 32.2. The van der Waals surface area contributed by atoms with Crippen molar-refractivity contribution in [3.63, 3.8) is 0 Å². The fourth-order valence-corrected chi connectivity index (χ4v) is 2.90. The molecular weight excluding hydrogens is 295 g/mol. The van der Waals surface area contributed by atoms with Crippen molar-refractivity contribution in [1.82, 2.24) is 15.3 Å². The van der Waals surface area contributed by atoms with E-state index in [0.717, 1.165) is 0 Å². The van der Waals surface area contributed by atoms with E-state index in [1.807, 2.05) is 0 Å². The van der Waals surface area contributed by atoms with E-state index in [-0.39, 0.29) is 28.5 Å². The number of nitrogens with one attached hydrogen (secondary N) is 2. The number of aromatic nitrogens is 2. The molecule has 6 nitrogen and oxygen atoms in total. The lowest BCUT2D eigenvalue weighted by Crippen LogP contribution is -2.17. The zero-order chi connectivity index (χ0) is 15.5. The molecule has 0 aliphatic heterocycles. The minimum absolute atomic E-state index is 0.0286. The molecule has 0 spiro atoms. The van der Waals surface area contributed by atoms with Gasteiger partial charge in [0.05, 0.1) is 4.90 Å². The first-order chi connectivity index (χ1) is 9.94. The van der Waals surface area contributed by atoms with Crippen molar-refractivity contribution in [2.75, 3.05) is 11.8 Å². The first-order valence-corrected chi connectivity index (χ1v) is 7.66. The molecule has 0 fully saturated rings. The van der Waals surface area contributed by atoms with Crippen LogP contribution in [0, 0.1) is 12.7 Å². The molecular formula is C13H15FN4O2S. The lowest BCUT2D eigenvalue weighted by molar-refractivity contribution is 0.585. The first-order valence-electron chi connectivity index (χ1n) is 6.17. The average molecular weight is 310 g/mol. The maximum atomic E-state index is 13.9. The molecule has 0 aliphatic carbocycles. The molecule has 0 amide bonds. The number of halogens is 1. The van der Waals surface area contributed by atoms with Gasteiger partial charge in [-0.2, -0.15) is 0 Å². The second kappa shape index (κ2) is 6.15. The lowest BCUT2D eigenvalue weighted by Gasteiger charge is -2.11. The van der Waals surface area contributed by atoms with E-state index >= 15 is 0 Å². The van der Waals surface area contributed by atoms with Crippen molar-refractivity contribution >= 4 is 16.0 Å². The fourth-order valence-electron chi connectivity index (χ4n) is 1.81. The van der Waals surface area contributed by atoms with Crippen LogP contribution in [0.1, 0.15) is 11.1 Å². The standard InChI is InChI=1S/C13H15FN4O2S/c1-9-6-11(7-10(8-15-2)12(9)14)21(19,20)18-13-16-4-3-5-17-13/h3-7,15H,8H2,1-2H3,(H,16,17,18). The zero-order valence-electron chi connectivity index (χ0n) is 11.6. The van der Waals surface area contributed by atoms with Gasteiger partial charge in [-0.15, -0.1) is 0 Å². The summed E-state index contributed by atoms with van der Waals surface area (Å²) in [7, 11) is -2.20. The Hall–Kier alpha value is -2.06. The Morgan fingerprint density at radius 3 is 2.52 bits per heavy atom. The van der Waals surface area contributed by atoms with Crippen molar-refractivity contribution in [3.8, 4) is 0 Å². The number of anilines is 1. The molecule has 0 saturated heterocycles. The Morgan fingerprint density at radius 1 is 1.24 bits per heavy atom. The number of hydrogen-bond donors (Lipinski definition) is 2. The molecule has 8 heteroatoms. The Kier molecular flexibility index (Phi) is 4.49. The molecule has 0 aliphatic rings. The molecule has 0 saturated carbocycles. The average Bonchev–Trinajstić information content (AvgIpc) is 2.44. The second-order valence-electron chi connectivity index (χ2n) is 4.42. The van der Waals surface area contributed by atoms with Crippen molar-refractivity contribution in [3.05, 3.63) is 47.5 Å². The predicted molar refractivity (Wildman–Crippen MR) is 76.7 cm³/mol. The van der Waals surface area contributed by atoms with E-state index in [4.69, 9.17) is 0 Å². The summed E-state index contributed by atoms with van der Waals surface area (Å²) in [5, 5.41) is 2.80. The van der Waals surface area contributed by atoms with E-state index in [1.165, 1.54) is 31.5 Å². The summed E-state index contributed by atoms with van der Waals surface area (Å²) in [4.78, 5) is 7.57. The molecule has 0 bridgehead atoms. The van der Waals surface area contributed by atoms with Crippen LogP contribution < -0.4 is 10.0 Å². The molecule has 2 N–H and O–H groups in total. The van der Waals surface area contributed by atoms with Crippen LogP contribution in [0.25, 0.3) is 0 Å². The molecule has 0 atom stereocenters. The van der Waals surface area contributed by atoms with Gasteiger partial charge < -0.3 is 5.32 Å². The summed E-state index contributed by atoms with van der Waals surface area (Å²) in [6, 6.07) is 4.15. The van der Waals surface area contributed by atoms with Gasteiger partial charge in [-0.25, -0.2) is 27.5 Å². The third-order valence-electron chi connectivity index (χ3n) is 2.77. The molecule has 1 aromatic heterocycles. The van der Waals surface area contributed by atoms with Crippen LogP contribution in [0.3, 0.4) is 0 Å². The molecule has 0 unspecified atom stereocenters. The van der Waals surface area contributed by atoms with Crippen LogP contribution in [0.15, 0.2) is 35.5 Å². The molecule has 2 rings (SSSR count). The zero-order valence-corrected chi connectivity index (χ0v) is 12.4. The molecule has 2 aromatic rings. The third kappa shape index (κ3) is 3.53. The quantitative estimate of drug-likeness (QED) is 0.873. The highest BCUT2D eigenvalue weighted by Gasteiger charge is 2.19. The van der Waals surface area contributed by atoms with E-state index in [2.05, 4.69) is 20.0 Å². The second-order valence-corrected chi connectivity index (χ2v) is 6.10. The fraction of sp³-hybridized carbons (Fsp3) is 0.231. The van der Waals surface area contributed by atoms with Crippen LogP contribution >= 0.6 is 0 Å². The third-order valence-corrected chi connectivity index (χ3v) is 4.08. The van der Waals surface area contributed by atoms with Crippen LogP contribution in [-0.4, -0.2) is 25.4 Å². The van der Waals surface area contributed by atoms with Crippen molar-refractivity contribution in [1.29, 1.82) is 0 Å². The summed E-state index contributed by atoms with van der Waals surface area (Å²) in [6.45, 7) is 1.75. The largest absolute Gasteiger partial charge is 0.316 e. The smallest absolute Gasteiger partial charge is 0.264 e. The van der Waals surface area contributed by atoms with Gasteiger partial charge in [-0.1, -0.05) is 0 Å². The van der Waals surface area contributed by atoms with Gasteiger partial charge in [0.25, 0.3) is 10.0 Å². The summed E-state index contributed by atoms with van der Waals surface area (Å²) in [5.74, 6) is -0.450. The Balaban J connectivity index is 2.40. The normalized spacial score (nSPS) is 11.4. The highest BCUT2D eigenvalue weighted by molar-refractivity contribution is 7.92. The summed E-state index contributed by atoms with van der Waals surface area (Å²) in [5.41, 5.74) is 0.545. The van der Waals surface area contributed by atoms with E-state index < -0.39 is 15.8 Å². The number of benzene rings is 1. The number of sulfonamides is 1. The Morgan fingerprint density at radius 2 is 1.90 bits per heavy atom. The predicted octanol–water partition coefficient (Wildman–Crippen LogP) is 1.44. The van der Waals surface area contributed by atoms with Gasteiger partial charge in [0.15, 0.2) is 0 Å². The van der Waals surface area contributed by atoms with Crippen LogP contribution in [0.2, 0.25) is 0 Å². The molecule has 0 radical (unpaired) electrons. The maximum absolute atomic E-state index is 13.9. The topological polar surface area (TPSA) is 84.0 Å². The van der Waals surface area contributed by atoms with Gasteiger partial charge >= 0.3 is 0 Å². The van der Waals surface area contributed by atoms with Crippen LogP contribution in [-0.2, 0) is 16.6 Å². The Bertz CT molecular complexity index is 735. The van der Waals surface area contributed by atoms with Crippen molar-refractivity contribution < 1.29 is 12.8 Å². The monoisotopic (exact) mass is 310 g/mol. The molecule has 1 aromatic carbocycles. The maximum Gasteiger partial charge on any atom is 0.264 e. The van der Waals surface area contributed by atoms with Gasteiger partial charge in [0, 0.05) is 24.5 Å². The van der Waals surface area contributed by atoms with Gasteiger partial charge in [-0.3, -0.25) is 0 Å². The number of nitrogens with zero attached hydrogens (tertiary/aromatic N) is 2. The summed E-state index contributed by atoms with van der Waals surface area (Å²) < 4.78 is 40.7. The minimum atomic E-state index is -3.86. The summed E-state index contributed by atoms with van der Waals surface area (Å²) >= 11 is 0. The highest BCUT2D eigenvalue weighted by Crippen LogP contribution is 2.20. The number of aryl methyl sites for hydroxylation is 1. The minimum Gasteiger partial charge on any atom is -0.316 e. The molecule has 21 heavy (non-hydrogen) atoms. The van der Waals surface area contributed by atoms with Crippen molar-refractivity contribution in [2.45, 2.75) is 18.4 Å². The van der Waals surface area contributed by atoms with Crippen LogP contribution in [0.4, 0.5) is 10.3 Å². The van der Waals surface area contributed by atoms with E-state index in [1.54, 1.807) is 13.1 Å². The van der Waals surface area contributed by atoms with Crippen LogP contribution in [0.5, 0.6) is 0 Å². The van der Waals surface area contributed by atoms with Gasteiger partial charge in [0.1, 0.15) is 5.82 Å².